The summed E-state index contributed by atoms with van der Waals surface area (Å²) in [6.07, 6.45) is 3.95. The molecule has 1 aliphatic rings. The fourth-order valence-electron chi connectivity index (χ4n) is 3.91. The lowest BCUT2D eigenvalue weighted by Gasteiger charge is -2.26. The Labute approximate surface area is 171 Å². The van der Waals surface area contributed by atoms with Gasteiger partial charge in [0.2, 0.25) is 5.91 Å². The molecule has 1 amide bonds. The van der Waals surface area contributed by atoms with Gasteiger partial charge in [-0.2, -0.15) is 0 Å². The molecular weight excluding hydrogens is 390 g/mol. The number of H-pyrrole nitrogens is 1. The maximum atomic E-state index is 12.8. The van der Waals surface area contributed by atoms with Gasteiger partial charge >= 0.3 is 0 Å². The Balaban J connectivity index is 1.57. The number of aromatic nitrogens is 4. The first-order chi connectivity index (χ1) is 13.5. The van der Waals surface area contributed by atoms with Gasteiger partial charge in [-0.1, -0.05) is 11.3 Å². The molecule has 3 aromatic rings. The van der Waals surface area contributed by atoms with E-state index in [0.29, 0.717) is 28.4 Å². The van der Waals surface area contributed by atoms with Crippen LogP contribution in [0.5, 0.6) is 0 Å². The van der Waals surface area contributed by atoms with E-state index in [1.165, 1.54) is 11.3 Å². The number of nitrogens with one attached hydrogen (secondary N) is 2. The van der Waals surface area contributed by atoms with Crippen molar-refractivity contribution in [2.24, 2.45) is 5.92 Å². The van der Waals surface area contributed by atoms with Crippen molar-refractivity contribution in [3.05, 3.63) is 34.6 Å². The number of ether oxygens (including phenoxy) is 1. The molecule has 9 heteroatoms. The first kappa shape index (κ1) is 19.7. The number of hydrogen-bond acceptors (Lipinski definition) is 7. The zero-order valence-corrected chi connectivity index (χ0v) is 17.8. The Hall–Kier alpha value is -2.65. The van der Waals surface area contributed by atoms with Crippen LogP contribution < -0.4 is 10.9 Å². The van der Waals surface area contributed by atoms with Gasteiger partial charge in [-0.15, -0.1) is 0 Å². The Bertz CT molecular complexity index is 1160. The van der Waals surface area contributed by atoms with E-state index >= 15 is 0 Å². The summed E-state index contributed by atoms with van der Waals surface area (Å²) in [5.41, 5.74) is 0.476. The van der Waals surface area contributed by atoms with Crippen molar-refractivity contribution >= 4 is 33.4 Å². The van der Waals surface area contributed by atoms with Gasteiger partial charge in [0.15, 0.2) is 10.6 Å². The van der Waals surface area contributed by atoms with Gasteiger partial charge in [0.25, 0.3) is 5.56 Å². The van der Waals surface area contributed by atoms with E-state index in [2.05, 4.69) is 25.3 Å². The van der Waals surface area contributed by atoms with Crippen molar-refractivity contribution in [2.45, 2.75) is 52.2 Å². The third kappa shape index (κ3) is 3.79. The van der Waals surface area contributed by atoms with Gasteiger partial charge in [0.05, 0.1) is 27.5 Å². The average molecular weight is 414 g/mol. The first-order valence-corrected chi connectivity index (χ1v) is 10.2. The number of carbonyl (C=O) groups is 1. The molecule has 1 atom stereocenters. The van der Waals surface area contributed by atoms with E-state index < -0.39 is 5.60 Å². The summed E-state index contributed by atoms with van der Waals surface area (Å²) < 4.78 is 6.02. The highest BCUT2D eigenvalue weighted by atomic mass is 32.1. The first-order valence-electron chi connectivity index (χ1n) is 9.38. The van der Waals surface area contributed by atoms with Crippen LogP contribution in [0.4, 0.5) is 5.13 Å². The number of nitrogens with zero attached hydrogens (tertiary/aromatic N) is 3. The highest BCUT2D eigenvalue weighted by molar-refractivity contribution is 7.19. The lowest BCUT2D eigenvalue weighted by molar-refractivity contribution is -0.126. The van der Waals surface area contributed by atoms with Crippen LogP contribution in [-0.2, 0) is 9.53 Å². The van der Waals surface area contributed by atoms with Crippen molar-refractivity contribution in [2.75, 3.05) is 5.32 Å². The van der Waals surface area contributed by atoms with Crippen molar-refractivity contribution < 1.29 is 9.53 Å². The smallest absolute Gasteiger partial charge is 0.277 e. The second-order valence-corrected chi connectivity index (χ2v) is 9.51. The summed E-state index contributed by atoms with van der Waals surface area (Å²) in [6, 6.07) is 1.81. The lowest BCUT2D eigenvalue weighted by Crippen LogP contribution is -2.36. The Morgan fingerprint density at radius 2 is 2.03 bits per heavy atom. The van der Waals surface area contributed by atoms with Gasteiger partial charge in [0.1, 0.15) is 5.82 Å². The summed E-state index contributed by atoms with van der Waals surface area (Å²) in [6.45, 7) is 9.60. The molecule has 4 heterocycles. The minimum absolute atomic E-state index is 0.0954. The Morgan fingerprint density at radius 1 is 1.28 bits per heavy atom. The van der Waals surface area contributed by atoms with Crippen molar-refractivity contribution in [3.63, 3.8) is 0 Å². The fourth-order valence-corrected chi connectivity index (χ4v) is 4.71. The minimum Gasteiger partial charge on any atom is -0.369 e. The molecule has 1 unspecified atom stereocenters. The number of amides is 1. The molecule has 2 N–H and O–H groups in total. The summed E-state index contributed by atoms with van der Waals surface area (Å²) in [5, 5.41) is 3.43. The van der Waals surface area contributed by atoms with Crippen LogP contribution >= 0.6 is 11.3 Å². The standard InChI is InChI=1S/C20H23N5O3S/c1-10-23-13-6-11(8-21-15(13)17(27)24-10)14-9-22-18(29-14)25-16(26)12-7-19(2,3)28-20(12,4)5/h6,8-9,12H,7H2,1-5H3,(H,22,25,26)(H,23,24,27). The number of aryl methyl sites for hydroxylation is 1. The van der Waals surface area contributed by atoms with Crippen LogP contribution in [0.2, 0.25) is 0 Å². The molecule has 0 spiro atoms. The number of rotatable bonds is 3. The molecule has 29 heavy (non-hydrogen) atoms. The summed E-state index contributed by atoms with van der Waals surface area (Å²) in [5.74, 6) is 0.177. The van der Waals surface area contributed by atoms with Crippen LogP contribution in [0.1, 0.15) is 39.9 Å². The van der Waals surface area contributed by atoms with Gasteiger partial charge in [-0.3, -0.25) is 9.59 Å². The molecule has 1 aliphatic heterocycles. The van der Waals surface area contributed by atoms with Gasteiger partial charge in [-0.05, 0) is 47.1 Å². The average Bonchev–Trinajstić information content (AvgIpc) is 3.14. The van der Waals surface area contributed by atoms with Crippen molar-refractivity contribution in [3.8, 4) is 10.4 Å². The van der Waals surface area contributed by atoms with E-state index in [1.807, 2.05) is 27.7 Å². The topological polar surface area (TPSA) is 110 Å². The van der Waals surface area contributed by atoms with E-state index in [9.17, 15) is 9.59 Å². The molecular formula is C20H23N5O3S. The maximum Gasteiger partial charge on any atom is 0.277 e. The van der Waals surface area contributed by atoms with E-state index in [0.717, 1.165) is 10.4 Å². The normalized spacial score (nSPS) is 20.1. The monoisotopic (exact) mass is 413 g/mol. The van der Waals surface area contributed by atoms with Crippen LogP contribution in [0.3, 0.4) is 0 Å². The highest BCUT2D eigenvalue weighted by Gasteiger charge is 2.49. The maximum absolute atomic E-state index is 12.8. The number of anilines is 1. The number of hydrogen-bond donors (Lipinski definition) is 2. The summed E-state index contributed by atoms with van der Waals surface area (Å²) in [4.78, 5) is 41.2. The predicted octanol–water partition coefficient (Wildman–Crippen LogP) is 3.28. The van der Waals surface area contributed by atoms with E-state index in [1.54, 1.807) is 25.4 Å². The van der Waals surface area contributed by atoms with E-state index in [4.69, 9.17) is 4.74 Å². The van der Waals surface area contributed by atoms with Gasteiger partial charge in [-0.25, -0.2) is 15.0 Å². The molecule has 0 radical (unpaired) electrons. The molecule has 0 saturated carbocycles. The number of carbonyl (C=O) groups excluding carboxylic acids is 1. The van der Waals surface area contributed by atoms with Crippen LogP contribution in [-0.4, -0.2) is 37.0 Å². The SMILES string of the molecule is Cc1nc2cc(-c3cnc(NC(=O)C4CC(C)(C)OC4(C)C)s3)cnc2c(=O)[nH]1. The van der Waals surface area contributed by atoms with E-state index in [-0.39, 0.29) is 23.0 Å². The molecule has 1 saturated heterocycles. The molecule has 8 nitrogen and oxygen atoms in total. The summed E-state index contributed by atoms with van der Waals surface area (Å²) in [7, 11) is 0. The Morgan fingerprint density at radius 3 is 2.72 bits per heavy atom. The van der Waals surface area contributed by atoms with Crippen LogP contribution in [0.25, 0.3) is 21.5 Å². The van der Waals surface area contributed by atoms with Crippen molar-refractivity contribution in [1.29, 1.82) is 0 Å². The third-order valence-electron chi connectivity index (χ3n) is 5.08. The number of aromatic amines is 1. The second kappa shape index (κ2) is 6.70. The zero-order valence-electron chi connectivity index (χ0n) is 17.0. The molecule has 0 aromatic carbocycles. The van der Waals surface area contributed by atoms with Gasteiger partial charge < -0.3 is 15.0 Å². The molecule has 0 aliphatic carbocycles. The summed E-state index contributed by atoms with van der Waals surface area (Å²) >= 11 is 1.35. The molecule has 0 bridgehead atoms. The lowest BCUT2D eigenvalue weighted by atomic mass is 9.87. The number of fused-ring (bicyclic) bond motifs is 1. The Kier molecular flexibility index (Phi) is 4.54. The third-order valence-corrected chi connectivity index (χ3v) is 6.04. The van der Waals surface area contributed by atoms with Crippen molar-refractivity contribution in [1.82, 2.24) is 19.9 Å². The van der Waals surface area contributed by atoms with Crippen LogP contribution in [0, 0.1) is 12.8 Å². The molecule has 152 valence electrons. The number of pyridine rings is 1. The zero-order chi connectivity index (χ0) is 21.0. The van der Waals surface area contributed by atoms with Crippen LogP contribution in [0.15, 0.2) is 23.3 Å². The fraction of sp³-hybridized carbons (Fsp3) is 0.450. The number of thiazole rings is 1. The molecule has 4 rings (SSSR count). The minimum atomic E-state index is -0.535. The highest BCUT2D eigenvalue weighted by Crippen LogP contribution is 2.42. The van der Waals surface area contributed by atoms with Gasteiger partial charge in [0, 0.05) is 18.0 Å². The quantitative estimate of drug-likeness (QED) is 0.682. The molecule has 3 aromatic heterocycles. The predicted molar refractivity (Wildman–Crippen MR) is 112 cm³/mol. The second-order valence-electron chi connectivity index (χ2n) is 8.48. The molecule has 1 fully saturated rings. The largest absolute Gasteiger partial charge is 0.369 e.